The molecule has 1 fully saturated rings. The van der Waals surface area contributed by atoms with E-state index >= 15 is 0 Å². The van der Waals surface area contributed by atoms with Crippen molar-refractivity contribution >= 4 is 11.0 Å². The first-order valence-corrected chi connectivity index (χ1v) is 7.20. The largest absolute Gasteiger partial charge is 0.493 e. The predicted octanol–water partition coefficient (Wildman–Crippen LogP) is 2.96. The van der Waals surface area contributed by atoms with Gasteiger partial charge in [0.1, 0.15) is 5.76 Å². The second kappa shape index (κ2) is 6.29. The second-order valence-corrected chi connectivity index (χ2v) is 5.29. The van der Waals surface area contributed by atoms with E-state index in [1.165, 1.54) is 12.8 Å². The van der Waals surface area contributed by atoms with Crippen LogP contribution in [0.15, 0.2) is 28.7 Å². The summed E-state index contributed by atoms with van der Waals surface area (Å²) < 4.78 is 16.5. The Hall–Kier alpha value is -1.52. The molecule has 2 heterocycles. The second-order valence-electron chi connectivity index (χ2n) is 5.29. The average molecular weight is 275 g/mol. The summed E-state index contributed by atoms with van der Waals surface area (Å²) >= 11 is 0. The fourth-order valence-electron chi connectivity index (χ4n) is 2.67. The number of rotatable bonds is 6. The molecule has 1 saturated heterocycles. The number of fused-ring (bicyclic) bond motifs is 1. The molecule has 4 nitrogen and oxygen atoms in total. The number of methoxy groups -OCH3 is 1. The molecule has 0 bridgehead atoms. The third-order valence-corrected chi connectivity index (χ3v) is 3.83. The first-order valence-electron chi connectivity index (χ1n) is 7.20. The molecule has 1 atom stereocenters. The molecule has 1 N–H and O–H groups in total. The van der Waals surface area contributed by atoms with E-state index in [2.05, 4.69) is 11.4 Å². The highest BCUT2D eigenvalue weighted by atomic mass is 16.5. The van der Waals surface area contributed by atoms with E-state index in [1.807, 2.05) is 18.2 Å². The molecule has 0 spiro atoms. The molecule has 4 heteroatoms. The van der Waals surface area contributed by atoms with Gasteiger partial charge in [0.25, 0.3) is 0 Å². The van der Waals surface area contributed by atoms with Crippen LogP contribution < -0.4 is 10.1 Å². The lowest BCUT2D eigenvalue weighted by Crippen LogP contribution is -2.17. The molecule has 0 amide bonds. The number of nitrogens with one attached hydrogen (secondary N) is 1. The molecule has 1 aromatic heterocycles. The first-order chi connectivity index (χ1) is 9.86. The van der Waals surface area contributed by atoms with Gasteiger partial charge in [-0.3, -0.25) is 0 Å². The van der Waals surface area contributed by atoms with Gasteiger partial charge in [0.15, 0.2) is 11.3 Å². The summed E-state index contributed by atoms with van der Waals surface area (Å²) in [4.78, 5) is 0. The fraction of sp³-hybridized carbons (Fsp3) is 0.500. The van der Waals surface area contributed by atoms with Gasteiger partial charge in [0, 0.05) is 18.6 Å². The SMILES string of the molecule is COc1cccc2cc(CNCCC3CCOC3)oc12. The predicted molar refractivity (Wildman–Crippen MR) is 78.0 cm³/mol. The first kappa shape index (κ1) is 13.5. The van der Waals surface area contributed by atoms with Crippen molar-refractivity contribution in [1.82, 2.24) is 5.32 Å². The Kier molecular flexibility index (Phi) is 4.23. The monoisotopic (exact) mass is 275 g/mol. The number of para-hydroxylation sites is 1. The van der Waals surface area contributed by atoms with Crippen molar-refractivity contribution in [1.29, 1.82) is 0 Å². The minimum atomic E-state index is 0.721. The van der Waals surface area contributed by atoms with Crippen molar-refractivity contribution in [2.24, 2.45) is 5.92 Å². The molecule has 3 rings (SSSR count). The highest BCUT2D eigenvalue weighted by Crippen LogP contribution is 2.28. The number of benzene rings is 1. The zero-order chi connectivity index (χ0) is 13.8. The van der Waals surface area contributed by atoms with Crippen LogP contribution >= 0.6 is 0 Å². The Morgan fingerprint density at radius 1 is 1.40 bits per heavy atom. The van der Waals surface area contributed by atoms with Crippen molar-refractivity contribution in [3.63, 3.8) is 0 Å². The van der Waals surface area contributed by atoms with Crippen LogP contribution in [0.4, 0.5) is 0 Å². The Morgan fingerprint density at radius 2 is 2.35 bits per heavy atom. The van der Waals surface area contributed by atoms with Gasteiger partial charge >= 0.3 is 0 Å². The van der Waals surface area contributed by atoms with Gasteiger partial charge in [0.05, 0.1) is 13.7 Å². The highest BCUT2D eigenvalue weighted by molar-refractivity contribution is 5.83. The number of hydrogen-bond acceptors (Lipinski definition) is 4. The molecular weight excluding hydrogens is 254 g/mol. The normalized spacial score (nSPS) is 18.8. The lowest BCUT2D eigenvalue weighted by atomic mass is 10.1. The van der Waals surface area contributed by atoms with Crippen molar-refractivity contribution < 1.29 is 13.9 Å². The van der Waals surface area contributed by atoms with Crippen LogP contribution in [0.2, 0.25) is 0 Å². The van der Waals surface area contributed by atoms with Gasteiger partial charge in [0.2, 0.25) is 0 Å². The van der Waals surface area contributed by atoms with Gasteiger partial charge in [-0.15, -0.1) is 0 Å². The molecule has 1 aromatic carbocycles. The van der Waals surface area contributed by atoms with Crippen LogP contribution in [0.3, 0.4) is 0 Å². The summed E-state index contributed by atoms with van der Waals surface area (Å²) in [6.07, 6.45) is 2.37. The third-order valence-electron chi connectivity index (χ3n) is 3.83. The van der Waals surface area contributed by atoms with Crippen LogP contribution in [-0.4, -0.2) is 26.9 Å². The summed E-state index contributed by atoms with van der Waals surface area (Å²) in [5.74, 6) is 2.46. The number of ether oxygens (including phenoxy) is 2. The van der Waals surface area contributed by atoms with Crippen LogP contribution in [-0.2, 0) is 11.3 Å². The third kappa shape index (κ3) is 2.97. The van der Waals surface area contributed by atoms with Crippen LogP contribution in [0.1, 0.15) is 18.6 Å². The summed E-state index contributed by atoms with van der Waals surface area (Å²) in [5, 5.41) is 4.53. The minimum absolute atomic E-state index is 0.721. The molecular formula is C16H21NO3. The van der Waals surface area contributed by atoms with E-state index < -0.39 is 0 Å². The Balaban J connectivity index is 1.54. The topological polar surface area (TPSA) is 43.6 Å². The number of hydrogen-bond donors (Lipinski definition) is 1. The lowest BCUT2D eigenvalue weighted by molar-refractivity contribution is 0.184. The minimum Gasteiger partial charge on any atom is -0.493 e. The van der Waals surface area contributed by atoms with E-state index in [0.717, 1.165) is 54.7 Å². The highest BCUT2D eigenvalue weighted by Gasteiger charge is 2.14. The molecule has 1 aliphatic heterocycles. The maximum Gasteiger partial charge on any atom is 0.176 e. The van der Waals surface area contributed by atoms with Gasteiger partial charge in [-0.05, 0) is 37.4 Å². The van der Waals surface area contributed by atoms with E-state index in [-0.39, 0.29) is 0 Å². The van der Waals surface area contributed by atoms with Crippen molar-refractivity contribution in [2.75, 3.05) is 26.9 Å². The van der Waals surface area contributed by atoms with Crippen molar-refractivity contribution in [3.05, 3.63) is 30.0 Å². The van der Waals surface area contributed by atoms with Crippen LogP contribution in [0, 0.1) is 5.92 Å². The summed E-state index contributed by atoms with van der Waals surface area (Å²) in [6.45, 7) is 3.60. The maximum atomic E-state index is 5.85. The molecule has 0 radical (unpaired) electrons. The van der Waals surface area contributed by atoms with Crippen LogP contribution in [0.5, 0.6) is 5.75 Å². The smallest absolute Gasteiger partial charge is 0.176 e. The zero-order valence-corrected chi connectivity index (χ0v) is 11.9. The molecule has 108 valence electrons. The summed E-state index contributed by atoms with van der Waals surface area (Å²) in [6, 6.07) is 8.02. The van der Waals surface area contributed by atoms with Gasteiger partial charge < -0.3 is 19.2 Å². The summed E-state index contributed by atoms with van der Waals surface area (Å²) in [7, 11) is 1.67. The van der Waals surface area contributed by atoms with Crippen molar-refractivity contribution in [2.45, 2.75) is 19.4 Å². The fourth-order valence-corrected chi connectivity index (χ4v) is 2.67. The molecule has 2 aromatic rings. The lowest BCUT2D eigenvalue weighted by Gasteiger charge is -2.07. The maximum absolute atomic E-state index is 5.85. The molecule has 0 aliphatic carbocycles. The van der Waals surface area contributed by atoms with E-state index in [1.54, 1.807) is 7.11 Å². The van der Waals surface area contributed by atoms with Gasteiger partial charge in [-0.1, -0.05) is 12.1 Å². The summed E-state index contributed by atoms with van der Waals surface area (Å²) in [5.41, 5.74) is 0.830. The van der Waals surface area contributed by atoms with E-state index in [0.29, 0.717) is 0 Å². The van der Waals surface area contributed by atoms with E-state index in [9.17, 15) is 0 Å². The van der Waals surface area contributed by atoms with E-state index in [4.69, 9.17) is 13.9 Å². The molecule has 1 aliphatic rings. The van der Waals surface area contributed by atoms with Crippen molar-refractivity contribution in [3.8, 4) is 5.75 Å². The molecule has 20 heavy (non-hydrogen) atoms. The van der Waals surface area contributed by atoms with Crippen LogP contribution in [0.25, 0.3) is 11.0 Å². The Morgan fingerprint density at radius 3 is 3.15 bits per heavy atom. The number of furan rings is 1. The van der Waals surface area contributed by atoms with Gasteiger partial charge in [-0.25, -0.2) is 0 Å². The quantitative estimate of drug-likeness (QED) is 0.823. The standard InChI is InChI=1S/C16H21NO3/c1-18-15-4-2-3-13-9-14(20-16(13)15)10-17-7-5-12-6-8-19-11-12/h2-4,9,12,17H,5-8,10-11H2,1H3. The average Bonchev–Trinajstić information content (AvgIpc) is 3.11. The molecule has 1 unspecified atom stereocenters. The Bertz CT molecular complexity index is 558. The molecule has 0 saturated carbocycles. The Labute approximate surface area is 119 Å². The zero-order valence-electron chi connectivity index (χ0n) is 11.9. The van der Waals surface area contributed by atoms with Gasteiger partial charge in [-0.2, -0.15) is 0 Å².